The molecule has 3 atom stereocenters. The Morgan fingerprint density at radius 2 is 2.00 bits per heavy atom. The number of hydrogen-bond donors (Lipinski definition) is 1. The van der Waals surface area contributed by atoms with Crippen LogP contribution in [0.1, 0.15) is 57.9 Å². The summed E-state index contributed by atoms with van der Waals surface area (Å²) in [4.78, 5) is 12.0. The number of rotatable bonds is 5. The summed E-state index contributed by atoms with van der Waals surface area (Å²) >= 11 is 0. The summed E-state index contributed by atoms with van der Waals surface area (Å²) in [6, 6.07) is 8.24. The molecule has 1 aliphatic rings. The lowest BCUT2D eigenvalue weighted by Gasteiger charge is -2.46. The molecule has 22 heavy (non-hydrogen) atoms. The third-order valence-electron chi connectivity index (χ3n) is 5.71. The maximum Gasteiger partial charge on any atom is 0.310 e. The smallest absolute Gasteiger partial charge is 0.310 e. The molecule has 3 nitrogen and oxygen atoms in total. The van der Waals surface area contributed by atoms with E-state index in [1.54, 1.807) is 7.11 Å². The van der Waals surface area contributed by atoms with Crippen molar-refractivity contribution in [2.75, 3.05) is 7.11 Å². The minimum absolute atomic E-state index is 0.173. The summed E-state index contributed by atoms with van der Waals surface area (Å²) in [6.07, 6.45) is 3.62. The number of hydrogen-bond acceptors (Lipinski definition) is 2. The summed E-state index contributed by atoms with van der Waals surface area (Å²) in [5.41, 5.74) is 0.750. The van der Waals surface area contributed by atoms with Crippen molar-refractivity contribution in [1.82, 2.24) is 0 Å². The molecular weight excluding hydrogens is 276 g/mol. The standard InChI is InChI=1S/C19H28O3/c1-5-16-12-15(14-6-8-17(22-4)9-7-14)10-11-19(16,13(2)3)18(20)21/h6-9,13,15-16H,5,10-12H2,1-4H3,(H,20,21). The van der Waals surface area contributed by atoms with Crippen LogP contribution in [0.15, 0.2) is 24.3 Å². The number of carbonyl (C=O) groups is 1. The Morgan fingerprint density at radius 1 is 1.36 bits per heavy atom. The zero-order chi connectivity index (χ0) is 16.3. The van der Waals surface area contributed by atoms with Crippen LogP contribution in [0.3, 0.4) is 0 Å². The molecule has 0 bridgehead atoms. The second-order valence-electron chi connectivity index (χ2n) is 6.85. The molecule has 1 N–H and O–H groups in total. The Morgan fingerprint density at radius 3 is 2.45 bits per heavy atom. The Kier molecular flexibility index (Phi) is 5.15. The average Bonchev–Trinajstić information content (AvgIpc) is 2.53. The second kappa shape index (κ2) is 6.72. The lowest BCUT2D eigenvalue weighted by atomic mass is 9.57. The maximum absolute atomic E-state index is 12.0. The van der Waals surface area contributed by atoms with Gasteiger partial charge >= 0.3 is 5.97 Å². The minimum Gasteiger partial charge on any atom is -0.497 e. The third-order valence-corrected chi connectivity index (χ3v) is 5.71. The van der Waals surface area contributed by atoms with Crippen LogP contribution in [0.5, 0.6) is 5.75 Å². The Balaban J connectivity index is 2.23. The van der Waals surface area contributed by atoms with Crippen LogP contribution in [0.4, 0.5) is 0 Å². The lowest BCUT2D eigenvalue weighted by Crippen LogP contribution is -2.46. The van der Waals surface area contributed by atoms with E-state index < -0.39 is 11.4 Å². The minimum atomic E-state index is -0.609. The van der Waals surface area contributed by atoms with Crippen LogP contribution >= 0.6 is 0 Å². The van der Waals surface area contributed by atoms with Crippen molar-refractivity contribution >= 4 is 5.97 Å². The van der Waals surface area contributed by atoms with Crippen LogP contribution in [0.25, 0.3) is 0 Å². The largest absolute Gasteiger partial charge is 0.497 e. The van der Waals surface area contributed by atoms with Crippen LogP contribution in [0.2, 0.25) is 0 Å². The Hall–Kier alpha value is -1.51. The first-order chi connectivity index (χ1) is 10.5. The van der Waals surface area contributed by atoms with E-state index in [1.165, 1.54) is 5.56 Å². The van der Waals surface area contributed by atoms with E-state index in [-0.39, 0.29) is 11.8 Å². The molecule has 122 valence electrons. The van der Waals surface area contributed by atoms with Crippen molar-refractivity contribution < 1.29 is 14.6 Å². The number of carboxylic acid groups (broad SMARTS) is 1. The summed E-state index contributed by atoms with van der Waals surface area (Å²) in [5, 5.41) is 9.87. The zero-order valence-corrected chi connectivity index (χ0v) is 14.1. The molecule has 1 aromatic rings. The van der Waals surface area contributed by atoms with Gasteiger partial charge in [-0.2, -0.15) is 0 Å². The van der Waals surface area contributed by atoms with Gasteiger partial charge in [-0.15, -0.1) is 0 Å². The normalized spacial score (nSPS) is 28.6. The summed E-state index contributed by atoms with van der Waals surface area (Å²) in [7, 11) is 1.67. The van der Waals surface area contributed by atoms with Gasteiger partial charge in [0.2, 0.25) is 0 Å². The SMILES string of the molecule is CCC1CC(c2ccc(OC)cc2)CCC1(C(=O)O)C(C)C. The predicted octanol–water partition coefficient (Wildman–Crippen LogP) is 4.72. The van der Waals surface area contributed by atoms with E-state index in [4.69, 9.17) is 4.74 Å². The van der Waals surface area contributed by atoms with Gasteiger partial charge in [0.25, 0.3) is 0 Å². The van der Waals surface area contributed by atoms with Gasteiger partial charge in [-0.05, 0) is 54.7 Å². The van der Waals surface area contributed by atoms with Gasteiger partial charge in [-0.25, -0.2) is 0 Å². The van der Waals surface area contributed by atoms with Crippen molar-refractivity contribution in [3.8, 4) is 5.75 Å². The van der Waals surface area contributed by atoms with Crippen LogP contribution in [0, 0.1) is 17.3 Å². The summed E-state index contributed by atoms with van der Waals surface area (Å²) in [6.45, 7) is 6.25. The van der Waals surface area contributed by atoms with Crippen molar-refractivity contribution in [2.45, 2.75) is 52.4 Å². The highest BCUT2D eigenvalue weighted by Crippen LogP contribution is 2.52. The highest BCUT2D eigenvalue weighted by Gasteiger charge is 2.50. The van der Waals surface area contributed by atoms with Gasteiger partial charge in [0.05, 0.1) is 12.5 Å². The van der Waals surface area contributed by atoms with Crippen molar-refractivity contribution in [2.24, 2.45) is 17.3 Å². The average molecular weight is 304 g/mol. The molecule has 3 heteroatoms. The highest BCUT2D eigenvalue weighted by molar-refractivity contribution is 5.75. The first-order valence-electron chi connectivity index (χ1n) is 8.33. The van der Waals surface area contributed by atoms with E-state index in [0.717, 1.165) is 31.4 Å². The van der Waals surface area contributed by atoms with Gasteiger partial charge in [0, 0.05) is 0 Å². The molecule has 0 saturated heterocycles. The van der Waals surface area contributed by atoms with Crippen LogP contribution in [-0.4, -0.2) is 18.2 Å². The molecule has 1 saturated carbocycles. The molecule has 0 radical (unpaired) electrons. The van der Waals surface area contributed by atoms with Gasteiger partial charge in [-0.1, -0.05) is 39.3 Å². The number of methoxy groups -OCH3 is 1. The molecule has 3 unspecified atom stereocenters. The number of aliphatic carboxylic acids is 1. The van der Waals surface area contributed by atoms with Crippen LogP contribution in [-0.2, 0) is 4.79 Å². The fraction of sp³-hybridized carbons (Fsp3) is 0.632. The lowest BCUT2D eigenvalue weighted by molar-refractivity contribution is -0.160. The van der Waals surface area contributed by atoms with E-state index in [9.17, 15) is 9.90 Å². The first kappa shape index (κ1) is 16.9. The Labute approximate surface area is 133 Å². The predicted molar refractivity (Wildman–Crippen MR) is 88.3 cm³/mol. The fourth-order valence-electron chi connectivity index (χ4n) is 4.29. The second-order valence-corrected chi connectivity index (χ2v) is 6.85. The van der Waals surface area contributed by atoms with E-state index in [1.807, 2.05) is 12.1 Å². The molecule has 2 rings (SSSR count). The maximum atomic E-state index is 12.0. The summed E-state index contributed by atoms with van der Waals surface area (Å²) in [5.74, 6) is 1.14. The summed E-state index contributed by atoms with van der Waals surface area (Å²) < 4.78 is 5.22. The van der Waals surface area contributed by atoms with Crippen molar-refractivity contribution in [3.63, 3.8) is 0 Å². The molecule has 1 fully saturated rings. The van der Waals surface area contributed by atoms with E-state index in [2.05, 4.69) is 32.9 Å². The molecule has 0 amide bonds. The third kappa shape index (κ3) is 2.86. The fourth-order valence-corrected chi connectivity index (χ4v) is 4.29. The molecular formula is C19H28O3. The molecule has 0 aliphatic heterocycles. The molecule has 0 aromatic heterocycles. The number of benzene rings is 1. The van der Waals surface area contributed by atoms with Crippen LogP contribution < -0.4 is 4.74 Å². The van der Waals surface area contributed by atoms with Crippen molar-refractivity contribution in [1.29, 1.82) is 0 Å². The topological polar surface area (TPSA) is 46.5 Å². The number of carboxylic acids is 1. The molecule has 1 aromatic carbocycles. The van der Waals surface area contributed by atoms with E-state index >= 15 is 0 Å². The Bertz CT molecular complexity index is 506. The molecule has 0 spiro atoms. The quantitative estimate of drug-likeness (QED) is 0.856. The van der Waals surface area contributed by atoms with Crippen molar-refractivity contribution in [3.05, 3.63) is 29.8 Å². The first-order valence-corrected chi connectivity index (χ1v) is 8.33. The van der Waals surface area contributed by atoms with Gasteiger partial charge < -0.3 is 9.84 Å². The number of ether oxygens (including phenoxy) is 1. The zero-order valence-electron chi connectivity index (χ0n) is 14.1. The van der Waals surface area contributed by atoms with Gasteiger partial charge in [0.1, 0.15) is 5.75 Å². The van der Waals surface area contributed by atoms with Gasteiger partial charge in [-0.3, -0.25) is 4.79 Å². The monoisotopic (exact) mass is 304 g/mol. The highest BCUT2D eigenvalue weighted by atomic mass is 16.5. The van der Waals surface area contributed by atoms with Gasteiger partial charge in [0.15, 0.2) is 0 Å². The molecule has 1 aliphatic carbocycles. The van der Waals surface area contributed by atoms with E-state index in [0.29, 0.717) is 5.92 Å². The molecule has 0 heterocycles.